The molecule has 112 valence electrons. The highest BCUT2D eigenvalue weighted by Gasteiger charge is 2.14. The third kappa shape index (κ3) is 4.08. The van der Waals surface area contributed by atoms with Gasteiger partial charge in [0, 0.05) is 5.69 Å². The number of hydrogen-bond acceptors (Lipinski definition) is 2. The van der Waals surface area contributed by atoms with Crippen LogP contribution in [-0.4, -0.2) is 8.42 Å². The molecule has 0 saturated heterocycles. The Morgan fingerprint density at radius 2 is 1.52 bits per heavy atom. The molecule has 3 nitrogen and oxygen atoms in total. The minimum absolute atomic E-state index is 0.293. The summed E-state index contributed by atoms with van der Waals surface area (Å²) in [5, 5.41) is 0. The van der Waals surface area contributed by atoms with Gasteiger partial charge in [-0.15, -0.1) is 0 Å². The fraction of sp³-hybridized carbons (Fsp3) is 0.294. The Kier molecular flexibility index (Phi) is 4.68. The van der Waals surface area contributed by atoms with Crippen molar-refractivity contribution in [2.75, 3.05) is 4.72 Å². The van der Waals surface area contributed by atoms with E-state index in [1.807, 2.05) is 44.2 Å². The molecule has 0 spiro atoms. The summed E-state index contributed by atoms with van der Waals surface area (Å²) < 4.78 is 27.4. The van der Waals surface area contributed by atoms with Crippen LogP contribution in [0.15, 0.2) is 47.4 Å². The second-order valence-corrected chi connectivity index (χ2v) is 7.06. The van der Waals surface area contributed by atoms with E-state index < -0.39 is 10.0 Å². The first-order valence-electron chi connectivity index (χ1n) is 7.11. The van der Waals surface area contributed by atoms with Gasteiger partial charge in [0.15, 0.2) is 0 Å². The van der Waals surface area contributed by atoms with E-state index in [9.17, 15) is 8.42 Å². The fourth-order valence-electron chi connectivity index (χ4n) is 2.37. The molecule has 0 fully saturated rings. The van der Waals surface area contributed by atoms with E-state index in [0.717, 1.165) is 29.5 Å². The lowest BCUT2D eigenvalue weighted by Gasteiger charge is -2.10. The molecular formula is C17H21NO2S. The lowest BCUT2D eigenvalue weighted by Crippen LogP contribution is -2.13. The van der Waals surface area contributed by atoms with Crippen molar-refractivity contribution >= 4 is 15.7 Å². The SMILES string of the molecule is CCCc1ccc(S(=O)(=O)Nc2cc(C)cc(C)c2)cc1. The summed E-state index contributed by atoms with van der Waals surface area (Å²) in [5.74, 6) is 0. The molecule has 0 aliphatic heterocycles. The fourth-order valence-corrected chi connectivity index (χ4v) is 3.41. The Hall–Kier alpha value is -1.81. The Morgan fingerprint density at radius 3 is 2.05 bits per heavy atom. The average molecular weight is 303 g/mol. The predicted octanol–water partition coefficient (Wildman–Crippen LogP) is 4.06. The number of aryl methyl sites for hydroxylation is 3. The van der Waals surface area contributed by atoms with E-state index in [0.29, 0.717) is 10.6 Å². The number of anilines is 1. The van der Waals surface area contributed by atoms with Crippen LogP contribution >= 0.6 is 0 Å². The molecule has 4 heteroatoms. The molecular weight excluding hydrogens is 282 g/mol. The highest BCUT2D eigenvalue weighted by Crippen LogP contribution is 2.19. The first kappa shape index (κ1) is 15.6. The van der Waals surface area contributed by atoms with Gasteiger partial charge in [0.2, 0.25) is 0 Å². The Labute approximate surface area is 127 Å². The summed E-state index contributed by atoms with van der Waals surface area (Å²) in [6, 6.07) is 12.7. The van der Waals surface area contributed by atoms with Gasteiger partial charge in [-0.3, -0.25) is 4.72 Å². The van der Waals surface area contributed by atoms with Crippen molar-refractivity contribution in [3.8, 4) is 0 Å². The van der Waals surface area contributed by atoms with Crippen molar-refractivity contribution in [2.24, 2.45) is 0 Å². The highest BCUT2D eigenvalue weighted by molar-refractivity contribution is 7.92. The zero-order valence-electron chi connectivity index (χ0n) is 12.7. The number of nitrogens with one attached hydrogen (secondary N) is 1. The summed E-state index contributed by atoms with van der Waals surface area (Å²) >= 11 is 0. The third-order valence-corrected chi connectivity index (χ3v) is 4.64. The first-order chi connectivity index (χ1) is 9.90. The monoisotopic (exact) mass is 303 g/mol. The summed E-state index contributed by atoms with van der Waals surface area (Å²) in [6.07, 6.45) is 2.01. The van der Waals surface area contributed by atoms with Gasteiger partial charge in [-0.25, -0.2) is 8.42 Å². The average Bonchev–Trinajstić information content (AvgIpc) is 2.38. The van der Waals surface area contributed by atoms with E-state index >= 15 is 0 Å². The molecule has 1 N–H and O–H groups in total. The molecule has 0 unspecified atom stereocenters. The van der Waals surface area contributed by atoms with E-state index in [1.54, 1.807) is 12.1 Å². The van der Waals surface area contributed by atoms with Crippen LogP contribution in [0.2, 0.25) is 0 Å². The second kappa shape index (κ2) is 6.31. The number of benzene rings is 2. The van der Waals surface area contributed by atoms with Crippen molar-refractivity contribution in [2.45, 2.75) is 38.5 Å². The molecule has 0 radical (unpaired) electrons. The second-order valence-electron chi connectivity index (χ2n) is 5.38. The standard InChI is InChI=1S/C17H21NO2S/c1-4-5-15-6-8-17(9-7-15)21(19,20)18-16-11-13(2)10-14(3)12-16/h6-12,18H,4-5H2,1-3H3. The number of hydrogen-bond donors (Lipinski definition) is 1. The molecule has 0 aliphatic carbocycles. The van der Waals surface area contributed by atoms with Crippen LogP contribution in [0.25, 0.3) is 0 Å². The molecule has 0 saturated carbocycles. The zero-order valence-corrected chi connectivity index (χ0v) is 13.5. The van der Waals surface area contributed by atoms with Crippen LogP contribution in [0.4, 0.5) is 5.69 Å². The van der Waals surface area contributed by atoms with Gasteiger partial charge < -0.3 is 0 Å². The van der Waals surface area contributed by atoms with Gasteiger partial charge in [0.1, 0.15) is 0 Å². The van der Waals surface area contributed by atoms with Crippen LogP contribution < -0.4 is 4.72 Å². The largest absolute Gasteiger partial charge is 0.280 e. The Morgan fingerprint density at radius 1 is 0.952 bits per heavy atom. The quantitative estimate of drug-likeness (QED) is 0.905. The Bertz CT molecular complexity index is 699. The van der Waals surface area contributed by atoms with Crippen molar-refractivity contribution in [1.29, 1.82) is 0 Å². The zero-order chi connectivity index (χ0) is 15.5. The molecule has 0 heterocycles. The number of rotatable bonds is 5. The summed E-state index contributed by atoms with van der Waals surface area (Å²) in [5.41, 5.74) is 3.82. The van der Waals surface area contributed by atoms with E-state index in [2.05, 4.69) is 11.6 Å². The maximum Gasteiger partial charge on any atom is 0.261 e. The van der Waals surface area contributed by atoms with Gasteiger partial charge in [-0.2, -0.15) is 0 Å². The molecule has 2 rings (SSSR count). The molecule has 2 aromatic rings. The van der Waals surface area contributed by atoms with Crippen LogP contribution in [0.3, 0.4) is 0 Å². The van der Waals surface area contributed by atoms with Crippen molar-refractivity contribution in [1.82, 2.24) is 0 Å². The van der Waals surface area contributed by atoms with Crippen LogP contribution in [0.1, 0.15) is 30.0 Å². The molecule has 21 heavy (non-hydrogen) atoms. The topological polar surface area (TPSA) is 46.2 Å². The van der Waals surface area contributed by atoms with Crippen molar-refractivity contribution in [3.63, 3.8) is 0 Å². The normalized spacial score (nSPS) is 11.4. The van der Waals surface area contributed by atoms with Gasteiger partial charge in [-0.05, 0) is 61.2 Å². The van der Waals surface area contributed by atoms with E-state index in [4.69, 9.17) is 0 Å². The molecule has 0 aromatic heterocycles. The molecule has 0 aliphatic rings. The predicted molar refractivity (Wildman–Crippen MR) is 87.2 cm³/mol. The van der Waals surface area contributed by atoms with Crippen LogP contribution in [0.5, 0.6) is 0 Å². The van der Waals surface area contributed by atoms with Crippen molar-refractivity contribution < 1.29 is 8.42 Å². The third-order valence-electron chi connectivity index (χ3n) is 3.25. The summed E-state index contributed by atoms with van der Waals surface area (Å²) in [7, 11) is -3.53. The van der Waals surface area contributed by atoms with Gasteiger partial charge in [0.05, 0.1) is 4.90 Å². The molecule has 0 amide bonds. The van der Waals surface area contributed by atoms with Crippen LogP contribution in [-0.2, 0) is 16.4 Å². The van der Waals surface area contributed by atoms with E-state index in [1.165, 1.54) is 0 Å². The van der Waals surface area contributed by atoms with Gasteiger partial charge >= 0.3 is 0 Å². The van der Waals surface area contributed by atoms with Gasteiger partial charge in [0.25, 0.3) is 10.0 Å². The minimum Gasteiger partial charge on any atom is -0.280 e. The van der Waals surface area contributed by atoms with Crippen molar-refractivity contribution in [3.05, 3.63) is 59.2 Å². The molecule has 0 atom stereocenters. The Balaban J connectivity index is 2.25. The number of sulfonamides is 1. The lowest BCUT2D eigenvalue weighted by molar-refractivity contribution is 0.601. The minimum atomic E-state index is -3.53. The highest BCUT2D eigenvalue weighted by atomic mass is 32.2. The summed E-state index contributed by atoms with van der Waals surface area (Å²) in [6.45, 7) is 6.00. The first-order valence-corrected chi connectivity index (χ1v) is 8.59. The summed E-state index contributed by atoms with van der Waals surface area (Å²) in [4.78, 5) is 0.293. The lowest BCUT2D eigenvalue weighted by atomic mass is 10.1. The van der Waals surface area contributed by atoms with E-state index in [-0.39, 0.29) is 0 Å². The maximum atomic E-state index is 12.4. The molecule has 0 bridgehead atoms. The smallest absolute Gasteiger partial charge is 0.261 e. The molecule has 2 aromatic carbocycles. The van der Waals surface area contributed by atoms with Crippen LogP contribution in [0, 0.1) is 13.8 Å². The van der Waals surface area contributed by atoms with Gasteiger partial charge in [-0.1, -0.05) is 31.5 Å². The maximum absolute atomic E-state index is 12.4.